The van der Waals surface area contributed by atoms with E-state index in [1.54, 1.807) is 23.6 Å². The zero-order valence-electron chi connectivity index (χ0n) is 17.1. The van der Waals surface area contributed by atoms with Crippen LogP contribution in [-0.4, -0.2) is 40.2 Å². The maximum absolute atomic E-state index is 12.7. The Morgan fingerprint density at radius 1 is 1.03 bits per heavy atom. The van der Waals surface area contributed by atoms with Crippen LogP contribution in [0.3, 0.4) is 0 Å². The Morgan fingerprint density at radius 3 is 2.24 bits per heavy atom. The molecule has 3 aromatic rings. The summed E-state index contributed by atoms with van der Waals surface area (Å²) >= 11 is 0. The first kappa shape index (κ1) is 20.3. The van der Waals surface area contributed by atoms with Gasteiger partial charge >= 0.3 is 5.97 Å². The lowest BCUT2D eigenvalue weighted by Gasteiger charge is -2.25. The number of nitrogens with zero attached hydrogens (tertiary/aromatic N) is 3. The van der Waals surface area contributed by atoms with E-state index in [0.29, 0.717) is 17.0 Å². The minimum absolute atomic E-state index is 0.119. The Balaban J connectivity index is 1.68. The highest BCUT2D eigenvalue weighted by atomic mass is 16.5. The number of rotatable bonds is 6. The van der Waals surface area contributed by atoms with Gasteiger partial charge in [0.1, 0.15) is 5.56 Å². The summed E-state index contributed by atoms with van der Waals surface area (Å²) in [4.78, 5) is 26.7. The molecule has 0 spiro atoms. The van der Waals surface area contributed by atoms with Crippen LogP contribution in [0.2, 0.25) is 0 Å². The number of ether oxygens (including phenoxy) is 1. The maximum Gasteiger partial charge on any atom is 0.342 e. The quantitative estimate of drug-likeness (QED) is 0.599. The third-order valence-electron chi connectivity index (χ3n) is 5.08. The van der Waals surface area contributed by atoms with Crippen molar-refractivity contribution in [3.63, 3.8) is 0 Å². The predicted octanol–water partition coefficient (Wildman–Crippen LogP) is 3.87. The summed E-state index contributed by atoms with van der Waals surface area (Å²) < 4.78 is 7.03. The molecule has 0 aliphatic rings. The van der Waals surface area contributed by atoms with Crippen LogP contribution in [0.5, 0.6) is 0 Å². The number of esters is 1. The number of benzene rings is 2. The topological polar surface area (TPSA) is 64.4 Å². The second-order valence-electron chi connectivity index (χ2n) is 6.96. The van der Waals surface area contributed by atoms with Gasteiger partial charge in [-0.3, -0.25) is 4.79 Å². The lowest BCUT2D eigenvalue weighted by Crippen LogP contribution is -2.33. The van der Waals surface area contributed by atoms with Crippen molar-refractivity contribution in [3.05, 3.63) is 83.2 Å². The van der Waals surface area contributed by atoms with E-state index < -0.39 is 5.97 Å². The van der Waals surface area contributed by atoms with Crippen molar-refractivity contribution in [1.82, 2.24) is 14.7 Å². The van der Waals surface area contributed by atoms with Gasteiger partial charge in [0.25, 0.3) is 5.91 Å². The first-order chi connectivity index (χ1) is 13.9. The average molecular weight is 391 g/mol. The first-order valence-corrected chi connectivity index (χ1v) is 9.49. The van der Waals surface area contributed by atoms with Gasteiger partial charge < -0.3 is 9.64 Å². The van der Waals surface area contributed by atoms with Crippen LogP contribution in [0.1, 0.15) is 40.3 Å². The lowest BCUT2D eigenvalue weighted by molar-refractivity contribution is -0.135. The summed E-state index contributed by atoms with van der Waals surface area (Å²) in [5, 5.41) is 4.45. The van der Waals surface area contributed by atoms with Crippen molar-refractivity contribution in [2.45, 2.75) is 26.8 Å². The highest BCUT2D eigenvalue weighted by Crippen LogP contribution is 2.20. The summed E-state index contributed by atoms with van der Waals surface area (Å²) in [6.45, 7) is 5.19. The fourth-order valence-electron chi connectivity index (χ4n) is 3.23. The Bertz CT molecular complexity index is 997. The van der Waals surface area contributed by atoms with Gasteiger partial charge in [0.15, 0.2) is 6.61 Å². The van der Waals surface area contributed by atoms with Gasteiger partial charge in [0, 0.05) is 7.05 Å². The fraction of sp³-hybridized carbons (Fsp3) is 0.261. The molecule has 0 fully saturated rings. The SMILES string of the molecule is Cc1nn(-c2ccccc2)c(C)c1C(=O)OCC(=O)N(C)C(C)c1ccccc1. The van der Waals surface area contributed by atoms with E-state index >= 15 is 0 Å². The molecule has 6 heteroatoms. The summed E-state index contributed by atoms with van der Waals surface area (Å²) in [5.74, 6) is -0.809. The molecular weight excluding hydrogens is 366 g/mol. The number of likely N-dealkylation sites (N-methyl/N-ethyl adjacent to an activating group) is 1. The average Bonchev–Trinajstić information content (AvgIpc) is 3.06. The smallest absolute Gasteiger partial charge is 0.342 e. The van der Waals surface area contributed by atoms with E-state index in [0.717, 1.165) is 11.3 Å². The Labute approximate surface area is 170 Å². The first-order valence-electron chi connectivity index (χ1n) is 9.49. The third kappa shape index (κ3) is 4.37. The molecule has 6 nitrogen and oxygen atoms in total. The van der Waals surface area contributed by atoms with Gasteiger partial charge in [-0.15, -0.1) is 0 Å². The molecule has 0 saturated heterocycles. The van der Waals surface area contributed by atoms with Crippen LogP contribution in [0.4, 0.5) is 0 Å². The molecule has 150 valence electrons. The van der Waals surface area contributed by atoms with E-state index in [2.05, 4.69) is 5.10 Å². The number of carbonyl (C=O) groups is 2. The van der Waals surface area contributed by atoms with Crippen LogP contribution < -0.4 is 0 Å². The van der Waals surface area contributed by atoms with Crippen molar-refractivity contribution >= 4 is 11.9 Å². The largest absolute Gasteiger partial charge is 0.452 e. The maximum atomic E-state index is 12.7. The fourth-order valence-corrected chi connectivity index (χ4v) is 3.23. The zero-order chi connectivity index (χ0) is 21.0. The highest BCUT2D eigenvalue weighted by Gasteiger charge is 2.23. The summed E-state index contributed by atoms with van der Waals surface area (Å²) in [5.41, 5.74) is 3.51. The van der Waals surface area contributed by atoms with Gasteiger partial charge in [0.2, 0.25) is 0 Å². The number of hydrogen-bond acceptors (Lipinski definition) is 4. The minimum atomic E-state index is -0.545. The van der Waals surface area contributed by atoms with Gasteiger partial charge in [-0.1, -0.05) is 48.5 Å². The molecule has 3 rings (SSSR count). The molecule has 1 heterocycles. The monoisotopic (exact) mass is 391 g/mol. The predicted molar refractivity (Wildman–Crippen MR) is 111 cm³/mol. The standard InChI is InChI=1S/C23H25N3O3/c1-16-22(18(3)26(24-16)20-13-9-6-10-14-20)23(28)29-15-21(27)25(4)17(2)19-11-7-5-8-12-19/h5-14,17H,15H2,1-4H3. The summed E-state index contributed by atoms with van der Waals surface area (Å²) in [7, 11) is 1.71. The van der Waals surface area contributed by atoms with Gasteiger partial charge in [-0.05, 0) is 38.5 Å². The van der Waals surface area contributed by atoms with E-state index in [4.69, 9.17) is 4.74 Å². The van der Waals surface area contributed by atoms with Crippen LogP contribution in [-0.2, 0) is 9.53 Å². The van der Waals surface area contributed by atoms with Crippen LogP contribution in [0.15, 0.2) is 60.7 Å². The second kappa shape index (κ2) is 8.73. The Hall–Kier alpha value is -3.41. The molecule has 0 N–H and O–H groups in total. The Morgan fingerprint density at radius 2 is 1.62 bits per heavy atom. The molecule has 0 saturated carbocycles. The van der Waals surface area contributed by atoms with Gasteiger partial charge in [-0.25, -0.2) is 9.48 Å². The van der Waals surface area contributed by atoms with Gasteiger partial charge in [0.05, 0.1) is 23.1 Å². The normalized spacial score (nSPS) is 11.7. The number of carbonyl (C=O) groups excluding carboxylic acids is 2. The number of hydrogen-bond donors (Lipinski definition) is 0. The molecule has 1 atom stereocenters. The number of aromatic nitrogens is 2. The van der Waals surface area contributed by atoms with E-state index in [1.807, 2.05) is 74.5 Å². The molecule has 0 aliphatic heterocycles. The van der Waals surface area contributed by atoms with Crippen molar-refractivity contribution in [1.29, 1.82) is 0 Å². The highest BCUT2D eigenvalue weighted by molar-refractivity contribution is 5.93. The lowest BCUT2D eigenvalue weighted by atomic mass is 10.1. The Kier molecular flexibility index (Phi) is 6.12. The molecule has 0 radical (unpaired) electrons. The van der Waals surface area contributed by atoms with Crippen LogP contribution in [0, 0.1) is 13.8 Å². The van der Waals surface area contributed by atoms with Crippen LogP contribution >= 0.6 is 0 Å². The molecule has 1 amide bonds. The van der Waals surface area contributed by atoms with E-state index in [-0.39, 0.29) is 18.6 Å². The molecule has 0 aliphatic carbocycles. The molecule has 1 unspecified atom stereocenters. The number of aryl methyl sites for hydroxylation is 1. The molecule has 29 heavy (non-hydrogen) atoms. The summed E-state index contributed by atoms with van der Waals surface area (Å²) in [6, 6.07) is 19.2. The van der Waals surface area contributed by atoms with E-state index in [9.17, 15) is 9.59 Å². The molecule has 1 aromatic heterocycles. The third-order valence-corrected chi connectivity index (χ3v) is 5.08. The summed E-state index contributed by atoms with van der Waals surface area (Å²) in [6.07, 6.45) is 0. The van der Waals surface area contributed by atoms with Gasteiger partial charge in [-0.2, -0.15) is 5.10 Å². The molecule has 0 bridgehead atoms. The van der Waals surface area contributed by atoms with Crippen molar-refractivity contribution in [2.24, 2.45) is 0 Å². The zero-order valence-corrected chi connectivity index (χ0v) is 17.1. The minimum Gasteiger partial charge on any atom is -0.452 e. The molecule has 2 aromatic carbocycles. The van der Waals surface area contributed by atoms with E-state index in [1.165, 1.54) is 0 Å². The van der Waals surface area contributed by atoms with Crippen molar-refractivity contribution in [2.75, 3.05) is 13.7 Å². The van der Waals surface area contributed by atoms with Crippen molar-refractivity contribution < 1.29 is 14.3 Å². The number of para-hydroxylation sites is 1. The van der Waals surface area contributed by atoms with Crippen LogP contribution in [0.25, 0.3) is 5.69 Å². The molecular formula is C23H25N3O3. The second-order valence-corrected chi connectivity index (χ2v) is 6.96. The number of amides is 1. The van der Waals surface area contributed by atoms with Crippen molar-refractivity contribution in [3.8, 4) is 5.69 Å².